The summed E-state index contributed by atoms with van der Waals surface area (Å²) in [6.07, 6.45) is -46.4. The Morgan fingerprint density at radius 1 is 0.366 bits per heavy atom. The van der Waals surface area contributed by atoms with Crippen LogP contribution in [-0.4, -0.2) is 305 Å². The molecule has 49 nitrogen and oxygen atoms in total. The van der Waals surface area contributed by atoms with Gasteiger partial charge in [0.15, 0.2) is 105 Å². The first-order valence-electron chi connectivity index (χ1n) is 25.0. The van der Waals surface area contributed by atoms with Crippen molar-refractivity contribution in [2.24, 2.45) is 5.73 Å². The molecule has 25 atom stereocenters. The highest BCUT2D eigenvalue weighted by Crippen LogP contribution is 2.42. The standard InChI is InChI=1S/C37H63NO48S7/c1-56-15-11(8-63-91(47,48)49)66-33(14(38)18(15)57-2)71-21-19(58-3)27(60-5)35(73-25(21)31(39)40)70-17-13(10-65-93(53,54)55)68-37(30(78-90-86-82-46)24(17)76-88-84-80-44)72-22-20(59-4)28(61-6)36(74-26(22)32(41)42)69-16-12(9-64-92(50,51)52)67-34(62-7)29(77-89-85-81-45)23(16)75-87-83-79-43/h11-30,33-37,43-46H,8-10,38H2,1-7H3,(H,39,40)(H,41,42)(H,47,48,49)(H,50,51,52)(H,53,54,55)/t11?,12?,13-,14?,15+,16+,17-,18-,19+,20?,21-,22+,23+,24?,25?,26-,27?,28?,29?,30?,33+,34-,35-,36+,37-/m1/s1. The molecule has 5 rings (SSSR count). The predicted octanol–water partition coefficient (Wildman–Crippen LogP) is -3.68. The normalized spacial score (nSPS) is 37.2. The van der Waals surface area contributed by atoms with Crippen molar-refractivity contribution in [2.45, 2.75) is 153 Å². The molecule has 0 aliphatic carbocycles. The summed E-state index contributed by atoms with van der Waals surface area (Å²) in [5, 5.41) is 71.9. The SMILES string of the molecule is COC1C(OC)[C@H](O[C@H]2O[C@H](COS(=O)(=O)O)[C@@H](O[C@@H]3OC(C(=O)O)[C@H](O[C@@H]4OC(COS(=O)(=O)O)[C@H](OC)[C@H](OC)C4N)[C@H](OC)C3OC)C(OSOOO)C2OSOOO)[C@H](C(=O)O)O[C@@H]1O[C@H]1C(COS(=O)(=O)O)O[C@@H](OC)C(OSOOO)[C@H]1OSOOO. The van der Waals surface area contributed by atoms with Gasteiger partial charge in [-0.05, 0) is 0 Å². The monoisotopic (exact) mass is 1510 g/mol. The van der Waals surface area contributed by atoms with E-state index in [1.54, 1.807) is 0 Å². The van der Waals surface area contributed by atoms with Crippen molar-refractivity contribution in [3.05, 3.63) is 0 Å². The van der Waals surface area contributed by atoms with E-state index < -0.39 is 216 Å². The van der Waals surface area contributed by atoms with Crippen LogP contribution in [0.25, 0.3) is 0 Å². The number of rotatable bonds is 42. The van der Waals surface area contributed by atoms with E-state index in [2.05, 4.69) is 50.0 Å². The third-order valence-corrected chi connectivity index (χ3v) is 16.3. The third kappa shape index (κ3) is 23.3. The average molecular weight is 1510 g/mol. The van der Waals surface area contributed by atoms with E-state index in [4.69, 9.17) is 119 Å². The molecule has 5 aliphatic rings. The minimum atomic E-state index is -5.53. The molecule has 0 amide bonds. The van der Waals surface area contributed by atoms with Gasteiger partial charge in [-0.15, -0.1) is 17.3 Å². The molecule has 0 saturated carbocycles. The number of methoxy groups -OCH3 is 7. The van der Waals surface area contributed by atoms with Gasteiger partial charge in [-0.2, -0.15) is 25.3 Å². The molecule has 546 valence electrons. The lowest BCUT2D eigenvalue weighted by Crippen LogP contribution is -2.69. The van der Waals surface area contributed by atoms with Gasteiger partial charge in [-0.25, -0.2) is 43.2 Å². The highest BCUT2D eigenvalue weighted by atomic mass is 32.3. The third-order valence-electron chi connectivity index (χ3n) is 13.4. The van der Waals surface area contributed by atoms with E-state index in [9.17, 15) is 58.7 Å². The van der Waals surface area contributed by atoms with Crippen molar-refractivity contribution in [3.8, 4) is 0 Å². The van der Waals surface area contributed by atoms with Crippen LogP contribution < -0.4 is 5.73 Å². The van der Waals surface area contributed by atoms with Gasteiger partial charge >= 0.3 is 43.1 Å². The second kappa shape index (κ2) is 39.6. The fourth-order valence-corrected chi connectivity index (χ4v) is 12.1. The molecule has 5 saturated heterocycles. The van der Waals surface area contributed by atoms with Crippen molar-refractivity contribution in [1.29, 1.82) is 0 Å². The zero-order chi connectivity index (χ0) is 69.0. The fraction of sp³-hybridized carbons (Fsp3) is 0.946. The summed E-state index contributed by atoms with van der Waals surface area (Å²) < 4.78 is 247. The maximum absolute atomic E-state index is 13.5. The van der Waals surface area contributed by atoms with Crippen LogP contribution in [0.5, 0.6) is 0 Å². The summed E-state index contributed by atoms with van der Waals surface area (Å²) in [5.74, 6) is -3.81. The average Bonchev–Trinajstić information content (AvgIpc) is 0.772. The predicted molar refractivity (Wildman–Crippen MR) is 279 cm³/mol. The Kier molecular flexibility index (Phi) is 35.0. The lowest BCUT2D eigenvalue weighted by Gasteiger charge is -2.51. The molecule has 10 unspecified atom stereocenters. The van der Waals surface area contributed by atoms with Gasteiger partial charge in [0.25, 0.3) is 0 Å². The van der Waals surface area contributed by atoms with Gasteiger partial charge in [0.2, 0.25) is 0 Å². The van der Waals surface area contributed by atoms with E-state index in [1.165, 1.54) is 14.2 Å². The quantitative estimate of drug-likeness (QED) is 0.00925. The van der Waals surface area contributed by atoms with E-state index in [0.29, 0.717) is 0 Å². The van der Waals surface area contributed by atoms with E-state index in [0.717, 1.165) is 35.5 Å². The number of ether oxygens (including phenoxy) is 16. The molecule has 0 bridgehead atoms. The molecular formula is C37H63NO48S7. The number of carboxylic acids is 2. The number of nitrogens with two attached hydrogens (primary N) is 1. The Balaban J connectivity index is 1.58. The van der Waals surface area contributed by atoms with Crippen LogP contribution in [0.15, 0.2) is 0 Å². The smallest absolute Gasteiger partial charge is 0.397 e. The second-order valence-corrected chi connectivity index (χ2v) is 23.4. The van der Waals surface area contributed by atoms with Crippen LogP contribution in [0.1, 0.15) is 0 Å². The number of hydrogen-bond acceptors (Lipinski definition) is 48. The van der Waals surface area contributed by atoms with Crippen molar-refractivity contribution >= 4 is 92.4 Å². The van der Waals surface area contributed by atoms with Gasteiger partial charge in [0, 0.05) is 49.8 Å². The fourth-order valence-electron chi connectivity index (χ4n) is 9.78. The molecule has 56 heteroatoms. The molecule has 11 N–H and O–H groups in total. The number of carboxylic acid groups (broad SMARTS) is 2. The summed E-state index contributed by atoms with van der Waals surface area (Å²) in [7, 11) is -8.62. The number of hydrogen-bond donors (Lipinski definition) is 10. The van der Waals surface area contributed by atoms with Crippen LogP contribution in [-0.2, 0) is 183 Å². The Labute approximate surface area is 541 Å². The maximum Gasteiger partial charge on any atom is 0.397 e. The highest BCUT2D eigenvalue weighted by molar-refractivity contribution is 7.90. The van der Waals surface area contributed by atoms with Gasteiger partial charge < -0.3 is 91.7 Å². The van der Waals surface area contributed by atoms with Gasteiger partial charge in [-0.3, -0.25) is 30.4 Å². The molecule has 0 radical (unpaired) electrons. The van der Waals surface area contributed by atoms with Crippen molar-refractivity contribution in [2.75, 3.05) is 69.6 Å². The molecule has 0 aromatic rings. The Bertz CT molecular complexity index is 2560. The molecule has 5 fully saturated rings. The largest absolute Gasteiger partial charge is 0.479 e. The topological polar surface area (TPSA) is 631 Å². The van der Waals surface area contributed by atoms with Crippen LogP contribution in [0.4, 0.5) is 0 Å². The zero-order valence-electron chi connectivity index (χ0n) is 47.9. The van der Waals surface area contributed by atoms with Crippen LogP contribution in [0, 0.1) is 0 Å². The maximum atomic E-state index is 13.5. The summed E-state index contributed by atoms with van der Waals surface area (Å²) in [5.41, 5.74) is 6.46. The minimum Gasteiger partial charge on any atom is -0.479 e. The van der Waals surface area contributed by atoms with Crippen LogP contribution in [0.2, 0.25) is 0 Å². The Hall–Kier alpha value is -1.37. The first kappa shape index (κ1) is 82.3. The lowest BCUT2D eigenvalue weighted by atomic mass is 9.94. The van der Waals surface area contributed by atoms with Gasteiger partial charge in [-0.1, -0.05) is 20.2 Å². The molecule has 0 spiro atoms. The molecule has 5 heterocycles. The van der Waals surface area contributed by atoms with E-state index in [-0.39, 0.29) is 49.3 Å². The molecular weight excluding hydrogens is 1450 g/mol. The number of carbonyl (C=O) groups is 2. The Morgan fingerprint density at radius 3 is 0.978 bits per heavy atom. The van der Waals surface area contributed by atoms with Crippen molar-refractivity contribution in [1.82, 2.24) is 0 Å². The zero-order valence-corrected chi connectivity index (χ0v) is 53.7. The molecule has 93 heavy (non-hydrogen) atoms. The highest BCUT2D eigenvalue weighted by Gasteiger charge is 2.61. The van der Waals surface area contributed by atoms with E-state index >= 15 is 0 Å². The minimum absolute atomic E-state index is 0.101. The lowest BCUT2D eigenvalue weighted by molar-refractivity contribution is -0.437. The Morgan fingerprint density at radius 2 is 0.656 bits per heavy atom. The second-order valence-electron chi connectivity index (χ2n) is 18.3. The van der Waals surface area contributed by atoms with Gasteiger partial charge in [0.1, 0.15) is 91.6 Å². The summed E-state index contributed by atoms with van der Waals surface area (Å²) in [6, 6.07) is -1.41. The number of aliphatic carboxylic acids is 2. The van der Waals surface area contributed by atoms with Gasteiger partial charge in [0.05, 0.1) is 25.9 Å². The van der Waals surface area contributed by atoms with Crippen molar-refractivity contribution < 1.29 is 222 Å². The first-order chi connectivity index (χ1) is 44.1. The summed E-state index contributed by atoms with van der Waals surface area (Å²) in [6.45, 7) is -3.55. The molecule has 0 aromatic carbocycles. The van der Waals surface area contributed by atoms with Crippen LogP contribution in [0.3, 0.4) is 0 Å². The summed E-state index contributed by atoms with van der Waals surface area (Å²) in [4.78, 5) is 26.7. The van der Waals surface area contributed by atoms with Crippen LogP contribution >= 0.6 is 49.3 Å². The molecule has 5 aliphatic heterocycles. The van der Waals surface area contributed by atoms with Crippen molar-refractivity contribution in [3.63, 3.8) is 0 Å². The summed E-state index contributed by atoms with van der Waals surface area (Å²) >= 11 is -0.825. The molecule has 0 aromatic heterocycles. The first-order valence-corrected chi connectivity index (χ1v) is 31.8. The van der Waals surface area contributed by atoms with E-state index in [1.807, 2.05) is 0 Å².